The molecule has 0 fully saturated rings. The molecule has 2 N–H and O–H groups in total. The first-order valence-corrected chi connectivity index (χ1v) is 6.51. The molecular formula is C15H22O4. The van der Waals surface area contributed by atoms with Crippen molar-refractivity contribution in [3.05, 3.63) is 34.9 Å². The molecule has 1 rings (SSSR count). The largest absolute Gasteiger partial charge is 0.478 e. The fourth-order valence-electron chi connectivity index (χ4n) is 1.60. The molecule has 0 heterocycles. The Morgan fingerprint density at radius 3 is 1.58 bits per heavy atom. The summed E-state index contributed by atoms with van der Waals surface area (Å²) in [5, 5.41) is 17.4. The molecule has 0 aliphatic heterocycles. The van der Waals surface area contributed by atoms with Crippen molar-refractivity contribution < 1.29 is 19.8 Å². The van der Waals surface area contributed by atoms with E-state index in [1.165, 1.54) is 50.8 Å². The Labute approximate surface area is 114 Å². The number of benzene rings is 1. The zero-order valence-electron chi connectivity index (χ0n) is 11.8. The molecule has 4 heteroatoms. The molecule has 0 saturated carbocycles. The molecule has 19 heavy (non-hydrogen) atoms. The Balaban J connectivity index is 0.000000459. The highest BCUT2D eigenvalue weighted by Gasteiger charge is 2.13. The fraction of sp³-hybridized carbons (Fsp3) is 0.467. The minimum atomic E-state index is -1.11. The lowest BCUT2D eigenvalue weighted by Gasteiger charge is -2.03. The third-order valence-electron chi connectivity index (χ3n) is 2.75. The summed E-state index contributed by atoms with van der Waals surface area (Å²) in [6.45, 7) is 5.94. The molecule has 0 atom stereocenters. The second kappa shape index (κ2) is 9.14. The van der Waals surface area contributed by atoms with Gasteiger partial charge in [-0.05, 0) is 24.6 Å². The molecule has 1 aromatic rings. The molecule has 106 valence electrons. The zero-order valence-corrected chi connectivity index (χ0v) is 11.8. The minimum absolute atomic E-state index is 0.0277. The fourth-order valence-corrected chi connectivity index (χ4v) is 1.60. The maximum atomic E-state index is 10.6. The highest BCUT2D eigenvalue weighted by atomic mass is 16.4. The number of hydrogen-bond donors (Lipinski definition) is 2. The van der Waals surface area contributed by atoms with Crippen LogP contribution in [0.5, 0.6) is 0 Å². The predicted octanol–water partition coefficient (Wildman–Crippen LogP) is 3.98. The lowest BCUT2D eigenvalue weighted by atomic mass is 10.0. The Kier molecular flexibility index (Phi) is 8.25. The van der Waals surface area contributed by atoms with Crippen molar-refractivity contribution in [1.29, 1.82) is 0 Å². The topological polar surface area (TPSA) is 74.6 Å². The van der Waals surface area contributed by atoms with Crippen molar-refractivity contribution in [1.82, 2.24) is 0 Å². The number of aromatic carboxylic acids is 2. The molecular weight excluding hydrogens is 244 g/mol. The van der Waals surface area contributed by atoms with Crippen LogP contribution in [0.3, 0.4) is 0 Å². The summed E-state index contributed by atoms with van der Waals surface area (Å²) in [6, 6.07) is 4.17. The van der Waals surface area contributed by atoms with E-state index in [1.807, 2.05) is 0 Å². The molecule has 0 spiro atoms. The van der Waals surface area contributed by atoms with Crippen LogP contribution in [0.25, 0.3) is 0 Å². The second-order valence-electron chi connectivity index (χ2n) is 4.30. The molecule has 0 amide bonds. The normalized spacial score (nSPS) is 9.42. The van der Waals surface area contributed by atoms with E-state index < -0.39 is 11.9 Å². The quantitative estimate of drug-likeness (QED) is 0.790. The molecule has 0 aromatic heterocycles. The number of carbonyl (C=O) groups is 2. The van der Waals surface area contributed by atoms with Crippen molar-refractivity contribution >= 4 is 11.9 Å². The molecule has 0 aliphatic carbocycles. The first-order valence-electron chi connectivity index (χ1n) is 6.51. The zero-order chi connectivity index (χ0) is 14.8. The molecule has 0 saturated heterocycles. The van der Waals surface area contributed by atoms with Gasteiger partial charge in [0.1, 0.15) is 0 Å². The number of hydrogen-bond acceptors (Lipinski definition) is 2. The van der Waals surface area contributed by atoms with E-state index in [1.54, 1.807) is 0 Å². The minimum Gasteiger partial charge on any atom is -0.478 e. The number of carboxylic acids is 2. The van der Waals surface area contributed by atoms with Crippen LogP contribution in [0, 0.1) is 6.92 Å². The van der Waals surface area contributed by atoms with E-state index in [2.05, 4.69) is 13.8 Å². The summed E-state index contributed by atoms with van der Waals surface area (Å²) >= 11 is 0. The maximum absolute atomic E-state index is 10.6. The first-order chi connectivity index (χ1) is 8.95. The van der Waals surface area contributed by atoms with Crippen molar-refractivity contribution in [2.24, 2.45) is 0 Å². The summed E-state index contributed by atoms with van der Waals surface area (Å²) in [6.07, 6.45) is 5.54. The highest BCUT2D eigenvalue weighted by molar-refractivity contribution is 5.96. The van der Waals surface area contributed by atoms with Crippen LogP contribution < -0.4 is 0 Å². The van der Waals surface area contributed by atoms with Gasteiger partial charge >= 0.3 is 11.9 Å². The van der Waals surface area contributed by atoms with Gasteiger partial charge in [-0.3, -0.25) is 0 Å². The monoisotopic (exact) mass is 266 g/mol. The molecule has 0 radical (unpaired) electrons. The Morgan fingerprint density at radius 1 is 0.947 bits per heavy atom. The summed E-state index contributed by atoms with van der Waals surface area (Å²) in [5.74, 6) is -2.22. The summed E-state index contributed by atoms with van der Waals surface area (Å²) in [4.78, 5) is 21.2. The van der Waals surface area contributed by atoms with E-state index >= 15 is 0 Å². The van der Waals surface area contributed by atoms with E-state index in [-0.39, 0.29) is 16.7 Å². The molecule has 0 unspecified atom stereocenters. The Hall–Kier alpha value is -1.84. The van der Waals surface area contributed by atoms with Gasteiger partial charge in [0.2, 0.25) is 0 Å². The lowest BCUT2D eigenvalue weighted by molar-refractivity contribution is 0.0696. The van der Waals surface area contributed by atoms with Gasteiger partial charge in [0.25, 0.3) is 0 Å². The van der Waals surface area contributed by atoms with E-state index in [4.69, 9.17) is 10.2 Å². The second-order valence-corrected chi connectivity index (χ2v) is 4.30. The van der Waals surface area contributed by atoms with Gasteiger partial charge in [0.05, 0.1) is 11.1 Å². The van der Waals surface area contributed by atoms with Gasteiger partial charge in [-0.2, -0.15) is 0 Å². The van der Waals surface area contributed by atoms with Crippen LogP contribution in [-0.4, -0.2) is 22.2 Å². The van der Waals surface area contributed by atoms with Crippen LogP contribution in [0.15, 0.2) is 18.2 Å². The number of carboxylic acid groups (broad SMARTS) is 2. The van der Waals surface area contributed by atoms with E-state index in [0.29, 0.717) is 0 Å². The van der Waals surface area contributed by atoms with Gasteiger partial charge in [-0.1, -0.05) is 45.6 Å². The van der Waals surface area contributed by atoms with E-state index in [9.17, 15) is 9.59 Å². The van der Waals surface area contributed by atoms with Crippen molar-refractivity contribution in [2.75, 3.05) is 0 Å². The van der Waals surface area contributed by atoms with Crippen LogP contribution in [0.4, 0.5) is 0 Å². The van der Waals surface area contributed by atoms with Crippen LogP contribution >= 0.6 is 0 Å². The lowest BCUT2D eigenvalue weighted by Crippen LogP contribution is -2.06. The third-order valence-corrected chi connectivity index (χ3v) is 2.75. The maximum Gasteiger partial charge on any atom is 0.335 e. The van der Waals surface area contributed by atoms with E-state index in [0.717, 1.165) is 0 Å². The number of unbranched alkanes of at least 4 members (excludes halogenated alkanes) is 3. The molecule has 1 aromatic carbocycles. The SMILES string of the molecule is CCCCCC.Cc1c(C(=O)O)cccc1C(=O)O. The first kappa shape index (κ1) is 17.2. The van der Waals surface area contributed by atoms with Gasteiger partial charge in [-0.25, -0.2) is 9.59 Å². The van der Waals surface area contributed by atoms with Crippen molar-refractivity contribution in [2.45, 2.75) is 46.5 Å². The third kappa shape index (κ3) is 6.04. The van der Waals surface area contributed by atoms with Gasteiger partial charge < -0.3 is 10.2 Å². The summed E-state index contributed by atoms with van der Waals surface area (Å²) in [5.41, 5.74) is 0.335. The standard InChI is InChI=1S/C9H8O4.C6H14/c1-5-6(8(10)11)3-2-4-7(5)9(12)13;1-3-5-6-4-2/h2-4H,1H3,(H,10,11)(H,12,13);3-6H2,1-2H3. The van der Waals surface area contributed by atoms with Gasteiger partial charge in [-0.15, -0.1) is 0 Å². The Bertz CT molecular complexity index is 388. The summed E-state index contributed by atoms with van der Waals surface area (Å²) < 4.78 is 0. The average Bonchev–Trinajstić information content (AvgIpc) is 2.36. The van der Waals surface area contributed by atoms with Crippen molar-refractivity contribution in [3.63, 3.8) is 0 Å². The Morgan fingerprint density at radius 2 is 1.32 bits per heavy atom. The smallest absolute Gasteiger partial charge is 0.335 e. The van der Waals surface area contributed by atoms with Crippen LogP contribution in [-0.2, 0) is 0 Å². The molecule has 0 bridgehead atoms. The molecule has 4 nitrogen and oxygen atoms in total. The summed E-state index contributed by atoms with van der Waals surface area (Å²) in [7, 11) is 0. The average molecular weight is 266 g/mol. The van der Waals surface area contributed by atoms with Crippen LogP contribution in [0.2, 0.25) is 0 Å². The van der Waals surface area contributed by atoms with Gasteiger partial charge in [0.15, 0.2) is 0 Å². The van der Waals surface area contributed by atoms with Crippen molar-refractivity contribution in [3.8, 4) is 0 Å². The van der Waals surface area contributed by atoms with Gasteiger partial charge in [0, 0.05) is 0 Å². The number of rotatable bonds is 5. The van der Waals surface area contributed by atoms with Crippen LogP contribution in [0.1, 0.15) is 65.8 Å². The molecule has 0 aliphatic rings. The highest BCUT2D eigenvalue weighted by Crippen LogP contribution is 2.13. The predicted molar refractivity (Wildman–Crippen MR) is 74.9 cm³/mol.